The van der Waals surface area contributed by atoms with Gasteiger partial charge in [0.05, 0.1) is 10.0 Å². The van der Waals surface area contributed by atoms with Crippen LogP contribution in [0.2, 0.25) is 10.0 Å². The lowest BCUT2D eigenvalue weighted by molar-refractivity contribution is 0.724. The Morgan fingerprint density at radius 2 is 1.94 bits per heavy atom. The Morgan fingerprint density at radius 3 is 2.50 bits per heavy atom. The molecule has 102 valence electrons. The third-order valence-electron chi connectivity index (χ3n) is 2.72. The number of hydrogen-bond acceptors (Lipinski definition) is 3. The second-order valence-electron chi connectivity index (χ2n) is 4.09. The van der Waals surface area contributed by atoms with E-state index in [1.807, 2.05) is 6.92 Å². The van der Waals surface area contributed by atoms with E-state index in [4.69, 9.17) is 23.2 Å². The molecule has 1 aromatic rings. The molecule has 0 amide bonds. The predicted octanol–water partition coefficient (Wildman–Crippen LogP) is 4.45. The van der Waals surface area contributed by atoms with Crippen molar-refractivity contribution in [2.75, 3.05) is 29.9 Å². The number of unbranched alkanes of at least 4 members (excludes halogenated alkanes) is 1. The van der Waals surface area contributed by atoms with Crippen molar-refractivity contribution in [3.05, 3.63) is 16.1 Å². The van der Waals surface area contributed by atoms with Crippen LogP contribution in [0, 0.1) is 0 Å². The van der Waals surface area contributed by atoms with E-state index in [2.05, 4.69) is 29.0 Å². The van der Waals surface area contributed by atoms with Gasteiger partial charge in [-0.05, 0) is 26.3 Å². The number of rotatable bonds is 7. The van der Waals surface area contributed by atoms with Crippen LogP contribution < -0.4 is 10.2 Å². The first-order valence-corrected chi connectivity index (χ1v) is 7.24. The van der Waals surface area contributed by atoms with Crippen molar-refractivity contribution in [3.63, 3.8) is 0 Å². The van der Waals surface area contributed by atoms with Gasteiger partial charge in [0.15, 0.2) is 0 Å². The Morgan fingerprint density at radius 1 is 1.22 bits per heavy atom. The molecule has 0 bridgehead atoms. The fraction of sp³-hybridized carbons (Fsp3) is 0.615. The largest absolute Gasteiger partial charge is 0.369 e. The minimum Gasteiger partial charge on any atom is -0.369 e. The Labute approximate surface area is 119 Å². The van der Waals surface area contributed by atoms with Gasteiger partial charge in [-0.2, -0.15) is 0 Å². The van der Waals surface area contributed by atoms with Gasteiger partial charge in [0.25, 0.3) is 0 Å². The molecule has 1 heterocycles. The SMILES string of the molecule is CCCCN(CC)c1nc(NCC)c(Cl)cc1Cl. The maximum absolute atomic E-state index is 6.24. The summed E-state index contributed by atoms with van der Waals surface area (Å²) in [4.78, 5) is 6.72. The summed E-state index contributed by atoms with van der Waals surface area (Å²) >= 11 is 12.3. The lowest BCUT2D eigenvalue weighted by Crippen LogP contribution is -2.25. The normalized spacial score (nSPS) is 10.5. The van der Waals surface area contributed by atoms with E-state index in [9.17, 15) is 0 Å². The minimum atomic E-state index is 0.567. The number of nitrogens with zero attached hydrogens (tertiary/aromatic N) is 2. The highest BCUT2D eigenvalue weighted by atomic mass is 35.5. The summed E-state index contributed by atoms with van der Waals surface area (Å²) in [6.07, 6.45) is 2.28. The highest BCUT2D eigenvalue weighted by molar-refractivity contribution is 6.37. The van der Waals surface area contributed by atoms with E-state index in [1.54, 1.807) is 6.07 Å². The second kappa shape index (κ2) is 7.70. The van der Waals surface area contributed by atoms with E-state index in [-0.39, 0.29) is 0 Å². The molecular formula is C13H21Cl2N3. The molecule has 0 aliphatic carbocycles. The molecule has 0 fully saturated rings. The van der Waals surface area contributed by atoms with Gasteiger partial charge < -0.3 is 10.2 Å². The van der Waals surface area contributed by atoms with Crippen LogP contribution in [0.4, 0.5) is 11.6 Å². The molecule has 0 radical (unpaired) electrons. The van der Waals surface area contributed by atoms with Crippen LogP contribution in [-0.2, 0) is 0 Å². The molecule has 0 unspecified atom stereocenters. The zero-order valence-electron chi connectivity index (χ0n) is 11.3. The van der Waals surface area contributed by atoms with Gasteiger partial charge in [-0.15, -0.1) is 0 Å². The van der Waals surface area contributed by atoms with Crippen LogP contribution in [0.3, 0.4) is 0 Å². The molecule has 1 rings (SSSR count). The molecule has 5 heteroatoms. The lowest BCUT2D eigenvalue weighted by atomic mass is 10.3. The average molecular weight is 290 g/mol. The first-order chi connectivity index (χ1) is 8.63. The van der Waals surface area contributed by atoms with Crippen molar-refractivity contribution in [3.8, 4) is 0 Å². The van der Waals surface area contributed by atoms with E-state index in [1.165, 1.54) is 0 Å². The van der Waals surface area contributed by atoms with Crippen molar-refractivity contribution in [1.82, 2.24) is 4.98 Å². The van der Waals surface area contributed by atoms with Gasteiger partial charge in [-0.1, -0.05) is 36.5 Å². The minimum absolute atomic E-state index is 0.567. The molecule has 0 atom stereocenters. The third kappa shape index (κ3) is 3.92. The van der Waals surface area contributed by atoms with Crippen LogP contribution in [0.1, 0.15) is 33.6 Å². The Balaban J connectivity index is 3.01. The standard InChI is InChI=1S/C13H21Cl2N3/c1-4-7-8-18(6-3)13-11(15)9-10(14)12(17-13)16-5-2/h9H,4-8H2,1-3H3,(H,16,17). The van der Waals surface area contributed by atoms with E-state index in [0.29, 0.717) is 15.9 Å². The van der Waals surface area contributed by atoms with E-state index in [0.717, 1.165) is 38.3 Å². The van der Waals surface area contributed by atoms with E-state index < -0.39 is 0 Å². The fourth-order valence-electron chi connectivity index (χ4n) is 1.73. The van der Waals surface area contributed by atoms with Crippen molar-refractivity contribution >= 4 is 34.8 Å². The average Bonchev–Trinajstić information content (AvgIpc) is 2.35. The molecule has 0 aliphatic rings. The second-order valence-corrected chi connectivity index (χ2v) is 4.90. The summed E-state index contributed by atoms with van der Waals surface area (Å²) in [5.41, 5.74) is 0. The smallest absolute Gasteiger partial charge is 0.149 e. The van der Waals surface area contributed by atoms with Gasteiger partial charge in [0, 0.05) is 19.6 Å². The predicted molar refractivity (Wildman–Crippen MR) is 81.2 cm³/mol. The Hall–Kier alpha value is -0.670. The molecule has 3 nitrogen and oxygen atoms in total. The topological polar surface area (TPSA) is 28.2 Å². The number of aromatic nitrogens is 1. The number of pyridine rings is 1. The van der Waals surface area contributed by atoms with Gasteiger partial charge in [-0.25, -0.2) is 4.98 Å². The lowest BCUT2D eigenvalue weighted by Gasteiger charge is -2.23. The number of anilines is 2. The van der Waals surface area contributed by atoms with Crippen LogP contribution in [0.25, 0.3) is 0 Å². The monoisotopic (exact) mass is 289 g/mol. The van der Waals surface area contributed by atoms with Crippen molar-refractivity contribution in [2.45, 2.75) is 33.6 Å². The van der Waals surface area contributed by atoms with E-state index >= 15 is 0 Å². The first kappa shape index (κ1) is 15.4. The zero-order chi connectivity index (χ0) is 13.5. The van der Waals surface area contributed by atoms with Gasteiger partial charge in [-0.3, -0.25) is 0 Å². The maximum Gasteiger partial charge on any atom is 0.149 e. The number of nitrogens with one attached hydrogen (secondary N) is 1. The summed E-state index contributed by atoms with van der Waals surface area (Å²) < 4.78 is 0. The van der Waals surface area contributed by atoms with Crippen LogP contribution >= 0.6 is 23.2 Å². The summed E-state index contributed by atoms with van der Waals surface area (Å²) in [7, 11) is 0. The summed E-state index contributed by atoms with van der Waals surface area (Å²) in [6.45, 7) is 8.94. The van der Waals surface area contributed by atoms with Gasteiger partial charge in [0.2, 0.25) is 0 Å². The molecule has 0 aromatic carbocycles. The molecule has 1 N–H and O–H groups in total. The highest BCUT2D eigenvalue weighted by Gasteiger charge is 2.13. The molecule has 1 aromatic heterocycles. The van der Waals surface area contributed by atoms with Crippen molar-refractivity contribution in [2.24, 2.45) is 0 Å². The van der Waals surface area contributed by atoms with Crippen LogP contribution in [0.5, 0.6) is 0 Å². The maximum atomic E-state index is 6.24. The third-order valence-corrected chi connectivity index (χ3v) is 3.28. The van der Waals surface area contributed by atoms with Gasteiger partial charge in [0.1, 0.15) is 11.6 Å². The van der Waals surface area contributed by atoms with Crippen LogP contribution in [-0.4, -0.2) is 24.6 Å². The molecule has 0 spiro atoms. The fourth-order valence-corrected chi connectivity index (χ4v) is 2.28. The van der Waals surface area contributed by atoms with Crippen molar-refractivity contribution in [1.29, 1.82) is 0 Å². The molecule has 0 saturated heterocycles. The summed E-state index contributed by atoms with van der Waals surface area (Å²) in [5.74, 6) is 1.52. The summed E-state index contributed by atoms with van der Waals surface area (Å²) in [5, 5.41) is 4.33. The highest BCUT2D eigenvalue weighted by Crippen LogP contribution is 2.31. The van der Waals surface area contributed by atoms with Crippen molar-refractivity contribution < 1.29 is 0 Å². The quantitative estimate of drug-likeness (QED) is 0.804. The summed E-state index contributed by atoms with van der Waals surface area (Å²) in [6, 6.07) is 1.76. The molecule has 0 aliphatic heterocycles. The Bertz CT molecular complexity index is 383. The molecule has 18 heavy (non-hydrogen) atoms. The first-order valence-electron chi connectivity index (χ1n) is 6.48. The zero-order valence-corrected chi connectivity index (χ0v) is 12.8. The van der Waals surface area contributed by atoms with Gasteiger partial charge >= 0.3 is 0 Å². The molecule has 0 saturated carbocycles. The van der Waals surface area contributed by atoms with Crippen LogP contribution in [0.15, 0.2) is 6.07 Å². The Kier molecular flexibility index (Phi) is 6.58. The number of hydrogen-bond donors (Lipinski definition) is 1. The molecular weight excluding hydrogens is 269 g/mol. The number of halogens is 2.